The summed E-state index contributed by atoms with van der Waals surface area (Å²) in [6, 6.07) is 1.88. The molecule has 3 aromatic rings. The number of hydrogen-bond acceptors (Lipinski definition) is 5. The van der Waals surface area contributed by atoms with Gasteiger partial charge in [0.25, 0.3) is 0 Å². The minimum atomic E-state index is -0.133. The van der Waals surface area contributed by atoms with Crippen LogP contribution in [0.3, 0.4) is 0 Å². The highest BCUT2D eigenvalue weighted by atomic mass is 16.3. The largest absolute Gasteiger partial charge is 0.390 e. The first-order valence-corrected chi connectivity index (χ1v) is 5.42. The molecule has 92 valence electrons. The van der Waals surface area contributed by atoms with Crippen molar-refractivity contribution in [1.29, 1.82) is 0 Å². The maximum absolute atomic E-state index is 9.15. The van der Waals surface area contributed by atoms with Crippen LogP contribution in [0.15, 0.2) is 24.7 Å². The molecule has 0 saturated carbocycles. The fourth-order valence-corrected chi connectivity index (χ4v) is 1.94. The van der Waals surface area contributed by atoms with Gasteiger partial charge < -0.3 is 10.8 Å². The fraction of sp³-hybridized carbons (Fsp3) is 0.182. The first-order valence-electron chi connectivity index (χ1n) is 5.42. The molecule has 3 rings (SSSR count). The Morgan fingerprint density at radius 1 is 1.44 bits per heavy atom. The van der Waals surface area contributed by atoms with Gasteiger partial charge in [-0.2, -0.15) is 5.10 Å². The summed E-state index contributed by atoms with van der Waals surface area (Å²) in [5.41, 5.74) is 8.72. The van der Waals surface area contributed by atoms with Gasteiger partial charge in [0.2, 0.25) is 5.95 Å². The van der Waals surface area contributed by atoms with Gasteiger partial charge in [-0.05, 0) is 6.07 Å². The van der Waals surface area contributed by atoms with Crippen LogP contribution >= 0.6 is 0 Å². The predicted molar refractivity (Wildman–Crippen MR) is 65.5 cm³/mol. The Morgan fingerprint density at radius 3 is 2.94 bits per heavy atom. The molecule has 0 atom stereocenters. The summed E-state index contributed by atoms with van der Waals surface area (Å²) in [6.45, 7) is -0.133. The monoisotopic (exact) mass is 244 g/mol. The lowest BCUT2D eigenvalue weighted by Crippen LogP contribution is -2.02. The van der Waals surface area contributed by atoms with Crippen LogP contribution in [0.1, 0.15) is 5.69 Å². The van der Waals surface area contributed by atoms with Gasteiger partial charge >= 0.3 is 0 Å². The number of aliphatic hydroxyl groups excluding tert-OH is 1. The lowest BCUT2D eigenvalue weighted by atomic mass is 10.2. The molecule has 3 aromatic heterocycles. The van der Waals surface area contributed by atoms with E-state index in [0.717, 1.165) is 11.3 Å². The van der Waals surface area contributed by atoms with Gasteiger partial charge in [0.1, 0.15) is 0 Å². The van der Waals surface area contributed by atoms with Gasteiger partial charge in [0.15, 0.2) is 5.65 Å². The summed E-state index contributed by atoms with van der Waals surface area (Å²) in [5, 5.41) is 13.3. The zero-order chi connectivity index (χ0) is 12.7. The van der Waals surface area contributed by atoms with E-state index >= 15 is 0 Å². The maximum Gasteiger partial charge on any atom is 0.206 e. The third-order valence-corrected chi connectivity index (χ3v) is 2.83. The molecule has 7 heteroatoms. The standard InChI is InChI=1S/C11H12N6O/c1-16-9(2-3-14-16)8-4-13-11(12)17-5-7(6-18)15-10(8)17/h2-5,18H,6H2,1H3,(H2,12,13). The number of rotatable bonds is 2. The van der Waals surface area contributed by atoms with E-state index in [0.29, 0.717) is 17.3 Å². The van der Waals surface area contributed by atoms with Crippen molar-refractivity contribution in [3.63, 3.8) is 0 Å². The van der Waals surface area contributed by atoms with E-state index in [-0.39, 0.29) is 6.61 Å². The fourth-order valence-electron chi connectivity index (χ4n) is 1.94. The predicted octanol–water partition coefficient (Wildman–Crippen LogP) is 0.204. The second kappa shape index (κ2) is 3.81. The number of anilines is 1. The van der Waals surface area contributed by atoms with E-state index in [1.165, 1.54) is 0 Å². The molecular weight excluding hydrogens is 232 g/mol. The molecule has 0 fully saturated rings. The molecular formula is C11H12N6O. The molecule has 0 saturated heterocycles. The van der Waals surface area contributed by atoms with E-state index in [9.17, 15) is 0 Å². The Hall–Kier alpha value is -2.41. The minimum Gasteiger partial charge on any atom is -0.390 e. The van der Waals surface area contributed by atoms with Crippen molar-refractivity contribution in [3.8, 4) is 11.3 Å². The molecule has 18 heavy (non-hydrogen) atoms. The Kier molecular flexibility index (Phi) is 2.27. The number of aromatic nitrogens is 5. The molecule has 3 N–H and O–H groups in total. The van der Waals surface area contributed by atoms with Crippen molar-refractivity contribution in [3.05, 3.63) is 30.4 Å². The van der Waals surface area contributed by atoms with E-state index in [1.54, 1.807) is 27.7 Å². The van der Waals surface area contributed by atoms with E-state index < -0.39 is 0 Å². The van der Waals surface area contributed by atoms with Crippen molar-refractivity contribution < 1.29 is 5.11 Å². The average molecular weight is 244 g/mol. The van der Waals surface area contributed by atoms with Gasteiger partial charge in [0, 0.05) is 25.6 Å². The Bertz CT molecular complexity index is 713. The van der Waals surface area contributed by atoms with Crippen LogP contribution in [0, 0.1) is 0 Å². The van der Waals surface area contributed by atoms with Crippen LogP contribution in [0.4, 0.5) is 5.95 Å². The van der Waals surface area contributed by atoms with Crippen LogP contribution in [0.5, 0.6) is 0 Å². The van der Waals surface area contributed by atoms with Crippen LogP contribution in [-0.2, 0) is 13.7 Å². The van der Waals surface area contributed by atoms with Gasteiger partial charge in [-0.15, -0.1) is 0 Å². The second-order valence-electron chi connectivity index (χ2n) is 3.95. The molecule has 0 amide bonds. The number of nitrogens with zero attached hydrogens (tertiary/aromatic N) is 5. The lowest BCUT2D eigenvalue weighted by molar-refractivity contribution is 0.277. The van der Waals surface area contributed by atoms with Crippen molar-refractivity contribution in [2.24, 2.45) is 7.05 Å². The minimum absolute atomic E-state index is 0.133. The molecule has 0 spiro atoms. The number of aliphatic hydroxyl groups is 1. The third kappa shape index (κ3) is 1.45. The average Bonchev–Trinajstić information content (AvgIpc) is 2.97. The van der Waals surface area contributed by atoms with Crippen LogP contribution in [0.25, 0.3) is 16.9 Å². The van der Waals surface area contributed by atoms with Crippen molar-refractivity contribution in [2.75, 3.05) is 5.73 Å². The number of imidazole rings is 1. The highest BCUT2D eigenvalue weighted by Gasteiger charge is 2.13. The molecule has 0 unspecified atom stereocenters. The summed E-state index contributed by atoms with van der Waals surface area (Å²) >= 11 is 0. The van der Waals surface area contributed by atoms with Crippen LogP contribution < -0.4 is 5.73 Å². The first-order chi connectivity index (χ1) is 8.70. The lowest BCUT2D eigenvalue weighted by Gasteiger charge is -2.05. The smallest absolute Gasteiger partial charge is 0.206 e. The second-order valence-corrected chi connectivity index (χ2v) is 3.95. The molecule has 0 aliphatic carbocycles. The van der Waals surface area contributed by atoms with Crippen LogP contribution in [-0.4, -0.2) is 29.3 Å². The maximum atomic E-state index is 9.15. The number of hydrogen-bond donors (Lipinski definition) is 2. The summed E-state index contributed by atoms with van der Waals surface area (Å²) < 4.78 is 3.40. The van der Waals surface area contributed by atoms with E-state index in [2.05, 4.69) is 15.1 Å². The van der Waals surface area contributed by atoms with Crippen molar-refractivity contribution in [1.82, 2.24) is 24.1 Å². The molecule has 7 nitrogen and oxygen atoms in total. The zero-order valence-corrected chi connectivity index (χ0v) is 9.78. The number of nitrogen functional groups attached to an aromatic ring is 1. The quantitative estimate of drug-likeness (QED) is 0.671. The molecule has 0 bridgehead atoms. The SMILES string of the molecule is Cn1nccc1-c1cnc(N)n2cc(CO)nc12. The van der Waals surface area contributed by atoms with Crippen molar-refractivity contribution in [2.45, 2.75) is 6.61 Å². The Morgan fingerprint density at radius 2 is 2.28 bits per heavy atom. The number of aryl methyl sites for hydroxylation is 1. The van der Waals surface area contributed by atoms with E-state index in [1.807, 2.05) is 13.1 Å². The van der Waals surface area contributed by atoms with Gasteiger partial charge in [-0.3, -0.25) is 9.08 Å². The topological polar surface area (TPSA) is 94.3 Å². The molecule has 3 heterocycles. The van der Waals surface area contributed by atoms with Gasteiger partial charge in [-0.25, -0.2) is 9.97 Å². The summed E-state index contributed by atoms with van der Waals surface area (Å²) in [5.74, 6) is 0.336. The Balaban J connectivity index is 2.33. The van der Waals surface area contributed by atoms with Crippen LogP contribution in [0.2, 0.25) is 0 Å². The zero-order valence-electron chi connectivity index (χ0n) is 9.78. The molecule has 0 radical (unpaired) electrons. The molecule has 0 aliphatic rings. The summed E-state index contributed by atoms with van der Waals surface area (Å²) in [7, 11) is 1.85. The Labute approximate surface area is 103 Å². The third-order valence-electron chi connectivity index (χ3n) is 2.83. The first kappa shape index (κ1) is 10.7. The van der Waals surface area contributed by atoms with E-state index in [4.69, 9.17) is 10.8 Å². The number of nitrogens with two attached hydrogens (primary N) is 1. The summed E-state index contributed by atoms with van der Waals surface area (Å²) in [6.07, 6.45) is 5.05. The van der Waals surface area contributed by atoms with Gasteiger partial charge in [-0.1, -0.05) is 0 Å². The molecule has 0 aromatic carbocycles. The van der Waals surface area contributed by atoms with Crippen molar-refractivity contribution >= 4 is 11.6 Å². The summed E-state index contributed by atoms with van der Waals surface area (Å²) in [4.78, 5) is 8.47. The number of fused-ring (bicyclic) bond motifs is 1. The van der Waals surface area contributed by atoms with Gasteiger partial charge in [0.05, 0.1) is 23.6 Å². The normalized spacial score (nSPS) is 11.2. The highest BCUT2D eigenvalue weighted by molar-refractivity contribution is 5.75. The highest BCUT2D eigenvalue weighted by Crippen LogP contribution is 2.24. The molecule has 0 aliphatic heterocycles.